The van der Waals surface area contributed by atoms with Gasteiger partial charge in [0.1, 0.15) is 0 Å². The summed E-state index contributed by atoms with van der Waals surface area (Å²) in [5.41, 5.74) is 0. The molecule has 0 rings (SSSR count). The third-order valence-corrected chi connectivity index (χ3v) is 0. The molecule has 0 aromatic carbocycles. The van der Waals surface area contributed by atoms with Crippen molar-refractivity contribution in [1.29, 1.82) is 0 Å². The SMILES string of the molecule is CCBr.F. The van der Waals surface area contributed by atoms with Gasteiger partial charge in [0.25, 0.3) is 0 Å². The van der Waals surface area contributed by atoms with Crippen LogP contribution in [0.5, 0.6) is 0 Å². The summed E-state index contributed by atoms with van der Waals surface area (Å²) in [6.45, 7) is 2.04. The predicted molar refractivity (Wildman–Crippen MR) is 22.0 cm³/mol. The lowest BCUT2D eigenvalue weighted by molar-refractivity contribution is 1.11. The van der Waals surface area contributed by atoms with Gasteiger partial charge in [-0.15, -0.1) is 0 Å². The molecule has 0 saturated carbocycles. The van der Waals surface area contributed by atoms with E-state index in [0.29, 0.717) is 0 Å². The minimum absolute atomic E-state index is 0. The molecule has 0 radical (unpaired) electrons. The zero-order valence-electron chi connectivity index (χ0n) is 2.49. The molecule has 0 bridgehead atoms. The topological polar surface area (TPSA) is 0 Å². The molecule has 0 aliphatic heterocycles. The molecule has 0 unspecified atom stereocenters. The highest BCUT2D eigenvalue weighted by Crippen LogP contribution is 1.67. The molecule has 28 valence electrons. The first-order chi connectivity index (χ1) is 1.41. The van der Waals surface area contributed by atoms with Crippen LogP contribution in [0.1, 0.15) is 6.92 Å². The Morgan fingerprint density at radius 1 is 1.75 bits per heavy atom. The number of rotatable bonds is 0. The Morgan fingerprint density at radius 2 is 1.75 bits per heavy atom. The van der Waals surface area contributed by atoms with E-state index in [4.69, 9.17) is 0 Å². The highest BCUT2D eigenvalue weighted by Gasteiger charge is 1.38. The Kier molecular flexibility index (Phi) is 22.0. The first-order valence-corrected chi connectivity index (χ1v) is 2.10. The molecule has 0 aromatic heterocycles. The van der Waals surface area contributed by atoms with Crippen molar-refractivity contribution >= 4 is 15.9 Å². The van der Waals surface area contributed by atoms with Gasteiger partial charge in [0.2, 0.25) is 0 Å². The van der Waals surface area contributed by atoms with Gasteiger partial charge in [-0.05, 0) is 0 Å². The molecule has 0 aliphatic carbocycles. The van der Waals surface area contributed by atoms with Crippen molar-refractivity contribution in [1.82, 2.24) is 0 Å². The Bertz CT molecular complexity index is 6.00. The van der Waals surface area contributed by atoms with E-state index >= 15 is 0 Å². The van der Waals surface area contributed by atoms with Crippen LogP contribution in [-0.2, 0) is 0 Å². The smallest absolute Gasteiger partial charge is 0.000281 e. The van der Waals surface area contributed by atoms with Crippen molar-refractivity contribution in [2.75, 3.05) is 5.33 Å². The first kappa shape index (κ1) is 8.83. The monoisotopic (exact) mass is 128 g/mol. The predicted octanol–water partition coefficient (Wildman–Crippen LogP) is 1.55. The van der Waals surface area contributed by atoms with E-state index in [1.165, 1.54) is 0 Å². The van der Waals surface area contributed by atoms with Crippen LogP contribution in [0.15, 0.2) is 0 Å². The van der Waals surface area contributed by atoms with Gasteiger partial charge in [0.05, 0.1) is 0 Å². The standard InChI is InChI=1S/C2H5Br.FH/c1-2-3;/h2H2,1H3;1H. The summed E-state index contributed by atoms with van der Waals surface area (Å²) in [6, 6.07) is 0. The Balaban J connectivity index is 0. The molecule has 0 N–H and O–H groups in total. The van der Waals surface area contributed by atoms with Gasteiger partial charge < -0.3 is 0 Å². The van der Waals surface area contributed by atoms with E-state index in [-0.39, 0.29) is 4.70 Å². The van der Waals surface area contributed by atoms with Gasteiger partial charge in [-0.3, -0.25) is 4.70 Å². The minimum atomic E-state index is 0. The summed E-state index contributed by atoms with van der Waals surface area (Å²) in [5.74, 6) is 0. The van der Waals surface area contributed by atoms with E-state index in [1.807, 2.05) is 6.92 Å². The molecular weight excluding hydrogens is 123 g/mol. The Morgan fingerprint density at radius 3 is 1.75 bits per heavy atom. The Labute approximate surface area is 33.7 Å². The summed E-state index contributed by atoms with van der Waals surface area (Å²) < 4.78 is 0. The first-order valence-electron chi connectivity index (χ1n) is 0.974. The molecule has 0 fully saturated rings. The Hall–Kier alpha value is 0.410. The largest absolute Gasteiger partial charge is 0.269 e. The van der Waals surface area contributed by atoms with Crippen LogP contribution in [0.3, 0.4) is 0 Å². The van der Waals surface area contributed by atoms with Crippen LogP contribution in [0.2, 0.25) is 0 Å². The molecule has 4 heavy (non-hydrogen) atoms. The fraction of sp³-hybridized carbons (Fsp3) is 1.00. The van der Waals surface area contributed by atoms with Gasteiger partial charge in [0, 0.05) is 5.33 Å². The molecule has 2 heteroatoms. The summed E-state index contributed by atoms with van der Waals surface area (Å²) >= 11 is 3.15. The molecule has 0 saturated heterocycles. The highest BCUT2D eigenvalue weighted by molar-refractivity contribution is 9.09. The van der Waals surface area contributed by atoms with E-state index in [2.05, 4.69) is 15.9 Å². The molecule has 0 heterocycles. The van der Waals surface area contributed by atoms with E-state index < -0.39 is 0 Å². The minimum Gasteiger partial charge on any atom is -0.269 e. The number of hydrogen-bond acceptors (Lipinski definition) is 0. The average molecular weight is 129 g/mol. The summed E-state index contributed by atoms with van der Waals surface area (Å²) in [5, 5.41) is 1.06. The highest BCUT2D eigenvalue weighted by atomic mass is 79.9. The van der Waals surface area contributed by atoms with E-state index in [1.54, 1.807) is 0 Å². The van der Waals surface area contributed by atoms with Gasteiger partial charge in [0.15, 0.2) is 0 Å². The summed E-state index contributed by atoms with van der Waals surface area (Å²) in [4.78, 5) is 0. The maximum atomic E-state index is 3.15. The van der Waals surface area contributed by atoms with Gasteiger partial charge in [-0.25, -0.2) is 0 Å². The number of hydrogen-bond donors (Lipinski definition) is 0. The molecular formula is C2H6BrF. The van der Waals surface area contributed by atoms with Crippen molar-refractivity contribution < 1.29 is 4.70 Å². The third-order valence-electron chi connectivity index (χ3n) is 0. The quantitative estimate of drug-likeness (QED) is 0.435. The summed E-state index contributed by atoms with van der Waals surface area (Å²) in [7, 11) is 0. The second-order valence-electron chi connectivity index (χ2n) is 0.267. The number of alkyl halides is 1. The zero-order chi connectivity index (χ0) is 2.71. The number of halogens is 2. The fourth-order valence-corrected chi connectivity index (χ4v) is 0. The van der Waals surface area contributed by atoms with E-state index in [9.17, 15) is 0 Å². The van der Waals surface area contributed by atoms with Crippen LogP contribution in [-0.4, -0.2) is 5.33 Å². The maximum Gasteiger partial charge on any atom is 0.000281 e. The lowest BCUT2D eigenvalue weighted by Crippen LogP contribution is -1.34. The molecule has 0 aromatic rings. The van der Waals surface area contributed by atoms with Crippen LogP contribution in [0.4, 0.5) is 4.70 Å². The lowest BCUT2D eigenvalue weighted by Gasteiger charge is -1.45. The molecule has 0 nitrogen and oxygen atoms in total. The molecule has 0 atom stereocenters. The van der Waals surface area contributed by atoms with Crippen LogP contribution in [0, 0.1) is 0 Å². The van der Waals surface area contributed by atoms with Crippen molar-refractivity contribution in [3.8, 4) is 0 Å². The zero-order valence-corrected chi connectivity index (χ0v) is 4.08. The van der Waals surface area contributed by atoms with Gasteiger partial charge in [-0.2, -0.15) is 0 Å². The average Bonchev–Trinajstić information content (AvgIpc) is 0.918. The van der Waals surface area contributed by atoms with Crippen LogP contribution >= 0.6 is 15.9 Å². The molecule has 0 amide bonds. The molecule has 0 spiro atoms. The van der Waals surface area contributed by atoms with Crippen molar-refractivity contribution in [2.45, 2.75) is 6.92 Å². The van der Waals surface area contributed by atoms with Crippen molar-refractivity contribution in [2.24, 2.45) is 0 Å². The van der Waals surface area contributed by atoms with Crippen molar-refractivity contribution in [3.63, 3.8) is 0 Å². The second kappa shape index (κ2) is 9.96. The van der Waals surface area contributed by atoms with Gasteiger partial charge in [-0.1, -0.05) is 22.9 Å². The maximum absolute atomic E-state index is 3.15. The lowest BCUT2D eigenvalue weighted by atomic mass is 11.0. The van der Waals surface area contributed by atoms with Crippen LogP contribution in [0.25, 0.3) is 0 Å². The summed E-state index contributed by atoms with van der Waals surface area (Å²) in [6.07, 6.45) is 0. The van der Waals surface area contributed by atoms with Gasteiger partial charge >= 0.3 is 0 Å². The normalized spacial score (nSPS) is 4.50. The van der Waals surface area contributed by atoms with Crippen LogP contribution < -0.4 is 0 Å². The third kappa shape index (κ3) is 28.5. The molecule has 0 aliphatic rings. The van der Waals surface area contributed by atoms with E-state index in [0.717, 1.165) is 5.33 Å². The van der Waals surface area contributed by atoms with Crippen molar-refractivity contribution in [3.05, 3.63) is 0 Å². The second-order valence-corrected chi connectivity index (χ2v) is 1.39. The fourth-order valence-electron chi connectivity index (χ4n) is 0.